The number of aliphatic carboxylic acids is 1. The van der Waals surface area contributed by atoms with Crippen LogP contribution in [0.15, 0.2) is 11.2 Å². The number of carboxylic acid groups (broad SMARTS) is 1. The number of nitriles is 1. The van der Waals surface area contributed by atoms with Gasteiger partial charge in [0.25, 0.3) is 0 Å². The van der Waals surface area contributed by atoms with E-state index in [0.717, 1.165) is 11.8 Å². The minimum Gasteiger partial charge on any atom is -0.480 e. The lowest BCUT2D eigenvalue weighted by Crippen LogP contribution is -2.15. The van der Waals surface area contributed by atoms with E-state index in [1.54, 1.807) is 19.9 Å². The van der Waals surface area contributed by atoms with Crippen molar-refractivity contribution in [2.75, 3.05) is 0 Å². The Morgan fingerprint density at radius 2 is 2.38 bits per heavy atom. The number of rotatable bonds is 4. The molecule has 1 atom stereocenters. The molecule has 0 saturated heterocycles. The molecule has 0 spiro atoms. The second-order valence-corrected chi connectivity index (χ2v) is 4.31. The summed E-state index contributed by atoms with van der Waals surface area (Å²) >= 11 is 1.07. The van der Waals surface area contributed by atoms with Crippen LogP contribution in [-0.2, 0) is 4.79 Å². The van der Waals surface area contributed by atoms with E-state index in [9.17, 15) is 4.79 Å². The van der Waals surface area contributed by atoms with E-state index < -0.39 is 11.2 Å². The van der Waals surface area contributed by atoms with E-state index in [4.69, 9.17) is 10.4 Å². The van der Waals surface area contributed by atoms with Crippen LogP contribution in [0.1, 0.15) is 24.7 Å². The smallest absolute Gasteiger partial charge is 0.317 e. The fourth-order valence-electron chi connectivity index (χ4n) is 1.09. The SMILES string of the molecule is CCC(Sc1nc(C)cc(C#N)n1)C(=O)O. The third kappa shape index (κ3) is 3.21. The van der Waals surface area contributed by atoms with Crippen LogP contribution in [0, 0.1) is 18.3 Å². The Balaban J connectivity index is 2.93. The highest BCUT2D eigenvalue weighted by atomic mass is 32.2. The molecule has 0 aromatic carbocycles. The molecule has 1 N–H and O–H groups in total. The second-order valence-electron chi connectivity index (χ2n) is 3.14. The molecule has 0 amide bonds. The van der Waals surface area contributed by atoms with E-state index in [2.05, 4.69) is 9.97 Å². The number of carbonyl (C=O) groups is 1. The van der Waals surface area contributed by atoms with Crippen LogP contribution >= 0.6 is 11.8 Å². The molecule has 0 radical (unpaired) electrons. The van der Waals surface area contributed by atoms with Crippen LogP contribution in [0.3, 0.4) is 0 Å². The van der Waals surface area contributed by atoms with Crippen molar-refractivity contribution in [2.24, 2.45) is 0 Å². The maximum absolute atomic E-state index is 10.8. The normalized spacial score (nSPS) is 11.8. The van der Waals surface area contributed by atoms with Gasteiger partial charge in [-0.2, -0.15) is 5.26 Å². The van der Waals surface area contributed by atoms with Gasteiger partial charge in [0, 0.05) is 5.69 Å². The summed E-state index contributed by atoms with van der Waals surface area (Å²) in [4.78, 5) is 18.9. The molecule has 0 aliphatic rings. The molecular weight excluding hydrogens is 226 g/mol. The maximum atomic E-state index is 10.8. The maximum Gasteiger partial charge on any atom is 0.317 e. The van der Waals surface area contributed by atoms with Crippen LogP contribution in [0.25, 0.3) is 0 Å². The lowest BCUT2D eigenvalue weighted by Gasteiger charge is -2.08. The van der Waals surface area contributed by atoms with Gasteiger partial charge in [-0.25, -0.2) is 9.97 Å². The van der Waals surface area contributed by atoms with Crippen molar-refractivity contribution in [1.82, 2.24) is 9.97 Å². The van der Waals surface area contributed by atoms with Crippen molar-refractivity contribution in [2.45, 2.75) is 30.7 Å². The highest BCUT2D eigenvalue weighted by molar-refractivity contribution is 8.00. The van der Waals surface area contributed by atoms with Crippen molar-refractivity contribution in [3.05, 3.63) is 17.5 Å². The Morgan fingerprint density at radius 3 is 2.88 bits per heavy atom. The van der Waals surface area contributed by atoms with Crippen LogP contribution < -0.4 is 0 Å². The Labute approximate surface area is 97.5 Å². The number of aryl methyl sites for hydroxylation is 1. The van der Waals surface area contributed by atoms with E-state index in [1.807, 2.05) is 6.07 Å². The van der Waals surface area contributed by atoms with Crippen LogP contribution in [0.4, 0.5) is 0 Å². The Bertz CT molecular complexity index is 442. The molecule has 1 heterocycles. The molecule has 0 aliphatic heterocycles. The van der Waals surface area contributed by atoms with Crippen LogP contribution in [-0.4, -0.2) is 26.3 Å². The zero-order valence-electron chi connectivity index (χ0n) is 8.97. The van der Waals surface area contributed by atoms with Crippen molar-refractivity contribution >= 4 is 17.7 Å². The van der Waals surface area contributed by atoms with Gasteiger partial charge in [-0.1, -0.05) is 18.7 Å². The van der Waals surface area contributed by atoms with Gasteiger partial charge < -0.3 is 5.11 Å². The number of thioether (sulfide) groups is 1. The van der Waals surface area contributed by atoms with Crippen molar-refractivity contribution in [3.8, 4) is 6.07 Å². The summed E-state index contributed by atoms with van der Waals surface area (Å²) in [6.45, 7) is 3.53. The first-order chi connectivity index (χ1) is 7.56. The van der Waals surface area contributed by atoms with Crippen molar-refractivity contribution in [3.63, 3.8) is 0 Å². The number of hydrogen-bond acceptors (Lipinski definition) is 5. The molecule has 6 heteroatoms. The summed E-state index contributed by atoms with van der Waals surface area (Å²) < 4.78 is 0. The fourth-order valence-corrected chi connectivity index (χ4v) is 1.96. The largest absolute Gasteiger partial charge is 0.480 e. The third-order valence-electron chi connectivity index (χ3n) is 1.84. The Kier molecular flexibility index (Phi) is 4.26. The molecule has 1 aromatic heterocycles. The Morgan fingerprint density at radius 1 is 1.69 bits per heavy atom. The van der Waals surface area contributed by atoms with Gasteiger partial charge >= 0.3 is 5.97 Å². The van der Waals surface area contributed by atoms with Gasteiger partial charge in [0.05, 0.1) is 0 Å². The molecule has 1 aromatic rings. The summed E-state index contributed by atoms with van der Waals surface area (Å²) in [6.07, 6.45) is 0.485. The minimum atomic E-state index is -0.892. The number of aromatic nitrogens is 2. The molecule has 0 aliphatic carbocycles. The lowest BCUT2D eigenvalue weighted by molar-refractivity contribution is -0.136. The third-order valence-corrected chi connectivity index (χ3v) is 3.06. The summed E-state index contributed by atoms with van der Waals surface area (Å²) in [5, 5.41) is 17.4. The minimum absolute atomic E-state index is 0.259. The first-order valence-corrected chi connectivity index (χ1v) is 5.60. The molecule has 0 bridgehead atoms. The Hall–Kier alpha value is -1.61. The summed E-state index contributed by atoms with van der Waals surface area (Å²) in [5.74, 6) is -0.892. The van der Waals surface area contributed by atoms with Crippen LogP contribution in [0.2, 0.25) is 0 Å². The topological polar surface area (TPSA) is 86.9 Å². The van der Waals surface area contributed by atoms with E-state index in [1.165, 1.54) is 0 Å². The summed E-state index contributed by atoms with van der Waals surface area (Å²) in [6, 6.07) is 3.48. The zero-order chi connectivity index (χ0) is 12.1. The van der Waals surface area contributed by atoms with E-state index in [-0.39, 0.29) is 5.69 Å². The molecule has 84 valence electrons. The highest BCUT2D eigenvalue weighted by Crippen LogP contribution is 2.22. The van der Waals surface area contributed by atoms with E-state index >= 15 is 0 Å². The molecule has 0 saturated carbocycles. The fraction of sp³-hybridized carbons (Fsp3) is 0.400. The van der Waals surface area contributed by atoms with Gasteiger partial charge in [0.1, 0.15) is 17.0 Å². The standard InChI is InChI=1S/C10H11N3O2S/c1-3-8(9(14)15)16-10-12-6(2)4-7(5-11)13-10/h4,8H,3H2,1-2H3,(H,14,15). The quantitative estimate of drug-likeness (QED) is 0.632. The van der Waals surface area contributed by atoms with Gasteiger partial charge in [-0.3, -0.25) is 4.79 Å². The van der Waals surface area contributed by atoms with Crippen LogP contribution in [0.5, 0.6) is 0 Å². The first kappa shape index (κ1) is 12.5. The van der Waals surface area contributed by atoms with Gasteiger partial charge in [0.15, 0.2) is 5.16 Å². The van der Waals surface area contributed by atoms with Gasteiger partial charge in [-0.05, 0) is 19.4 Å². The summed E-state index contributed by atoms with van der Waals surface area (Å²) in [7, 11) is 0. The lowest BCUT2D eigenvalue weighted by atomic mass is 10.3. The zero-order valence-corrected chi connectivity index (χ0v) is 9.78. The molecule has 0 fully saturated rings. The van der Waals surface area contributed by atoms with Gasteiger partial charge in [-0.15, -0.1) is 0 Å². The van der Waals surface area contributed by atoms with E-state index in [0.29, 0.717) is 17.3 Å². The second kappa shape index (κ2) is 5.47. The number of hydrogen-bond donors (Lipinski definition) is 1. The average Bonchev–Trinajstić information content (AvgIpc) is 2.24. The number of carboxylic acids is 1. The predicted molar refractivity (Wildman–Crippen MR) is 59.1 cm³/mol. The first-order valence-electron chi connectivity index (χ1n) is 4.72. The molecule has 1 unspecified atom stereocenters. The highest BCUT2D eigenvalue weighted by Gasteiger charge is 2.18. The van der Waals surface area contributed by atoms with Crippen molar-refractivity contribution < 1.29 is 9.90 Å². The molecule has 1 rings (SSSR count). The molecule has 16 heavy (non-hydrogen) atoms. The number of nitrogens with zero attached hydrogens (tertiary/aromatic N) is 3. The van der Waals surface area contributed by atoms with Gasteiger partial charge in [0.2, 0.25) is 0 Å². The average molecular weight is 237 g/mol. The van der Waals surface area contributed by atoms with Crippen molar-refractivity contribution in [1.29, 1.82) is 5.26 Å². The predicted octanol–water partition coefficient (Wildman–Crippen LogP) is 1.61. The molecular formula is C10H11N3O2S. The monoisotopic (exact) mass is 237 g/mol. The molecule has 5 nitrogen and oxygen atoms in total. The summed E-state index contributed by atoms with van der Waals surface area (Å²) in [5.41, 5.74) is 0.921.